The van der Waals surface area contributed by atoms with Crippen LogP contribution in [0.3, 0.4) is 0 Å². The molecule has 0 aromatic carbocycles. The maximum atomic E-state index is 10.4. The first-order valence-electron chi connectivity index (χ1n) is 5.53. The van der Waals surface area contributed by atoms with Crippen LogP contribution in [0.1, 0.15) is 20.3 Å². The van der Waals surface area contributed by atoms with Gasteiger partial charge in [-0.3, -0.25) is 4.79 Å². The summed E-state index contributed by atoms with van der Waals surface area (Å²) >= 11 is 0. The molecule has 2 N–H and O–H groups in total. The molecule has 0 amide bonds. The maximum Gasteiger partial charge on any atom is 0.317 e. The number of carbonyl (C=O) groups is 1. The van der Waals surface area contributed by atoms with Gasteiger partial charge in [-0.1, -0.05) is 13.8 Å². The Hall–Kier alpha value is -0.610. The zero-order chi connectivity index (χ0) is 11.5. The van der Waals surface area contributed by atoms with Crippen molar-refractivity contribution >= 4 is 5.97 Å². The van der Waals surface area contributed by atoms with Gasteiger partial charge in [0.05, 0.1) is 6.54 Å². The van der Waals surface area contributed by atoms with E-state index in [1.165, 1.54) is 6.42 Å². The molecule has 1 fully saturated rings. The molecule has 1 heterocycles. The van der Waals surface area contributed by atoms with E-state index in [1.54, 1.807) is 0 Å². The second-order valence-corrected chi connectivity index (χ2v) is 5.23. The van der Waals surface area contributed by atoms with Crippen LogP contribution in [0.25, 0.3) is 0 Å². The lowest BCUT2D eigenvalue weighted by molar-refractivity contribution is -0.136. The molecule has 88 valence electrons. The number of nitrogens with zero attached hydrogens (tertiary/aromatic N) is 1. The molecule has 0 aromatic heterocycles. The third-order valence-electron chi connectivity index (χ3n) is 3.35. The molecule has 1 aliphatic rings. The lowest BCUT2D eigenvalue weighted by atomic mass is 9.78. The van der Waals surface area contributed by atoms with Crippen molar-refractivity contribution in [1.29, 1.82) is 0 Å². The first-order chi connectivity index (χ1) is 6.92. The number of hydrogen-bond donors (Lipinski definition) is 2. The van der Waals surface area contributed by atoms with Gasteiger partial charge in [0.2, 0.25) is 0 Å². The summed E-state index contributed by atoms with van der Waals surface area (Å²) in [4.78, 5) is 12.7. The first kappa shape index (κ1) is 12.5. The number of carboxylic acids is 1. The predicted molar refractivity (Wildman–Crippen MR) is 59.9 cm³/mol. The minimum atomic E-state index is -0.783. The number of nitrogens with one attached hydrogen (secondary N) is 1. The van der Waals surface area contributed by atoms with Crippen LogP contribution in [-0.2, 0) is 4.79 Å². The fraction of sp³-hybridized carbons (Fsp3) is 0.909. The summed E-state index contributed by atoms with van der Waals surface area (Å²) in [5.74, 6) is -0.113. The van der Waals surface area contributed by atoms with Crippen molar-refractivity contribution in [2.45, 2.75) is 20.3 Å². The van der Waals surface area contributed by atoms with Crippen LogP contribution in [0.4, 0.5) is 0 Å². The Morgan fingerprint density at radius 2 is 2.27 bits per heavy atom. The van der Waals surface area contributed by atoms with Crippen molar-refractivity contribution in [1.82, 2.24) is 10.2 Å². The molecular weight excluding hydrogens is 192 g/mol. The quantitative estimate of drug-likeness (QED) is 0.705. The standard InChI is InChI=1S/C11H22N2O2/c1-11(2,8-12-6-10(14)15)9-4-5-13(3)7-9/h9,12H,4-8H2,1-3H3,(H,14,15). The Balaban J connectivity index is 2.34. The molecule has 0 spiro atoms. The van der Waals surface area contributed by atoms with Crippen molar-refractivity contribution in [3.8, 4) is 0 Å². The molecule has 0 radical (unpaired) electrons. The number of aliphatic carboxylic acids is 1. The molecule has 4 nitrogen and oxygen atoms in total. The highest BCUT2D eigenvalue weighted by atomic mass is 16.4. The summed E-state index contributed by atoms with van der Waals surface area (Å²) in [6, 6.07) is 0. The van der Waals surface area contributed by atoms with E-state index >= 15 is 0 Å². The van der Waals surface area contributed by atoms with Crippen LogP contribution in [-0.4, -0.2) is 49.2 Å². The minimum Gasteiger partial charge on any atom is -0.480 e. The molecule has 0 aromatic rings. The highest BCUT2D eigenvalue weighted by Gasteiger charge is 2.33. The van der Waals surface area contributed by atoms with Gasteiger partial charge in [0.25, 0.3) is 0 Å². The Morgan fingerprint density at radius 1 is 1.60 bits per heavy atom. The Morgan fingerprint density at radius 3 is 2.73 bits per heavy atom. The first-order valence-corrected chi connectivity index (χ1v) is 5.53. The van der Waals surface area contributed by atoms with Gasteiger partial charge in [-0.25, -0.2) is 0 Å². The minimum absolute atomic E-state index is 0.0615. The maximum absolute atomic E-state index is 10.4. The van der Waals surface area contributed by atoms with E-state index in [1.807, 2.05) is 0 Å². The van der Waals surface area contributed by atoms with Crippen molar-refractivity contribution in [2.75, 3.05) is 33.2 Å². The Labute approximate surface area is 91.6 Å². The third-order valence-corrected chi connectivity index (χ3v) is 3.35. The van der Waals surface area contributed by atoms with Gasteiger partial charge in [0.1, 0.15) is 0 Å². The van der Waals surface area contributed by atoms with Gasteiger partial charge in [-0.2, -0.15) is 0 Å². The molecular formula is C11H22N2O2. The van der Waals surface area contributed by atoms with Crippen molar-refractivity contribution < 1.29 is 9.90 Å². The summed E-state index contributed by atoms with van der Waals surface area (Å²) in [6.45, 7) is 7.55. The van der Waals surface area contributed by atoms with Crippen molar-refractivity contribution in [2.24, 2.45) is 11.3 Å². The van der Waals surface area contributed by atoms with E-state index in [0.29, 0.717) is 5.92 Å². The number of likely N-dealkylation sites (tertiary alicyclic amines) is 1. The van der Waals surface area contributed by atoms with Crippen LogP contribution in [0.15, 0.2) is 0 Å². The third kappa shape index (κ3) is 3.80. The van der Waals surface area contributed by atoms with Crippen LogP contribution in [0, 0.1) is 11.3 Å². The molecule has 1 aliphatic heterocycles. The van der Waals surface area contributed by atoms with Crippen LogP contribution >= 0.6 is 0 Å². The molecule has 1 rings (SSSR count). The summed E-state index contributed by atoms with van der Waals surface area (Å²) in [5.41, 5.74) is 0.181. The predicted octanol–water partition coefficient (Wildman–Crippen LogP) is 0.639. The van der Waals surface area contributed by atoms with Gasteiger partial charge in [0, 0.05) is 13.1 Å². The summed E-state index contributed by atoms with van der Waals surface area (Å²) < 4.78 is 0. The average molecular weight is 214 g/mol. The van der Waals surface area contributed by atoms with Crippen LogP contribution in [0.5, 0.6) is 0 Å². The van der Waals surface area contributed by atoms with Gasteiger partial charge in [0.15, 0.2) is 0 Å². The highest BCUT2D eigenvalue weighted by molar-refractivity contribution is 5.68. The Bertz CT molecular complexity index is 229. The number of hydrogen-bond acceptors (Lipinski definition) is 3. The molecule has 1 saturated heterocycles. The van der Waals surface area contributed by atoms with E-state index in [9.17, 15) is 4.79 Å². The lowest BCUT2D eigenvalue weighted by Gasteiger charge is -2.31. The molecule has 0 aliphatic carbocycles. The van der Waals surface area contributed by atoms with Gasteiger partial charge < -0.3 is 15.3 Å². The number of carboxylic acid groups (broad SMARTS) is 1. The summed E-state index contributed by atoms with van der Waals surface area (Å²) in [6.07, 6.45) is 1.22. The SMILES string of the molecule is CN1CCC(C(C)(C)CNCC(=O)O)C1. The zero-order valence-electron chi connectivity index (χ0n) is 9.92. The monoisotopic (exact) mass is 214 g/mol. The van der Waals surface area contributed by atoms with E-state index in [0.717, 1.165) is 19.6 Å². The highest BCUT2D eigenvalue weighted by Crippen LogP contribution is 2.32. The van der Waals surface area contributed by atoms with Gasteiger partial charge in [-0.15, -0.1) is 0 Å². The van der Waals surface area contributed by atoms with Crippen molar-refractivity contribution in [3.63, 3.8) is 0 Å². The zero-order valence-corrected chi connectivity index (χ0v) is 9.92. The molecule has 0 bridgehead atoms. The second-order valence-electron chi connectivity index (χ2n) is 5.23. The summed E-state index contributed by atoms with van der Waals surface area (Å²) in [5, 5.41) is 11.5. The van der Waals surface area contributed by atoms with Crippen molar-refractivity contribution in [3.05, 3.63) is 0 Å². The largest absolute Gasteiger partial charge is 0.480 e. The number of rotatable bonds is 5. The van der Waals surface area contributed by atoms with Gasteiger partial charge >= 0.3 is 5.97 Å². The fourth-order valence-electron chi connectivity index (χ4n) is 2.21. The topological polar surface area (TPSA) is 52.6 Å². The molecule has 15 heavy (non-hydrogen) atoms. The van der Waals surface area contributed by atoms with E-state index in [2.05, 4.69) is 31.1 Å². The van der Waals surface area contributed by atoms with Crippen LogP contribution in [0.2, 0.25) is 0 Å². The second kappa shape index (κ2) is 4.94. The molecule has 4 heteroatoms. The molecule has 1 unspecified atom stereocenters. The smallest absolute Gasteiger partial charge is 0.317 e. The van der Waals surface area contributed by atoms with Gasteiger partial charge in [-0.05, 0) is 31.3 Å². The Kier molecular flexibility index (Phi) is 4.11. The van der Waals surface area contributed by atoms with E-state index in [-0.39, 0.29) is 12.0 Å². The summed E-state index contributed by atoms with van der Waals surface area (Å²) in [7, 11) is 2.14. The fourth-order valence-corrected chi connectivity index (χ4v) is 2.21. The van der Waals surface area contributed by atoms with E-state index < -0.39 is 5.97 Å². The lowest BCUT2D eigenvalue weighted by Crippen LogP contribution is -2.38. The van der Waals surface area contributed by atoms with Crippen LogP contribution < -0.4 is 5.32 Å². The molecule has 0 saturated carbocycles. The molecule has 1 atom stereocenters. The van der Waals surface area contributed by atoms with E-state index in [4.69, 9.17) is 5.11 Å². The normalized spacial score (nSPS) is 23.3. The average Bonchev–Trinajstić information content (AvgIpc) is 2.51.